The lowest BCUT2D eigenvalue weighted by molar-refractivity contribution is -0.00000672. The van der Waals surface area contributed by atoms with E-state index in [1.54, 1.807) is 13.2 Å². The van der Waals surface area contributed by atoms with Gasteiger partial charge in [0.05, 0.1) is 26.6 Å². The largest absolute Gasteiger partial charge is 1.00 e. The molecule has 0 unspecified atom stereocenters. The van der Waals surface area contributed by atoms with E-state index >= 15 is 0 Å². The third-order valence-corrected chi connectivity index (χ3v) is 7.86. The van der Waals surface area contributed by atoms with Gasteiger partial charge in [-0.2, -0.15) is 0 Å². The number of aromatic hydroxyl groups is 1. The number of benzene rings is 1. The second-order valence-corrected chi connectivity index (χ2v) is 15.5. The molecule has 0 aromatic heterocycles. The molecular weight excluding hydrogens is 367 g/mol. The summed E-state index contributed by atoms with van der Waals surface area (Å²) in [5.41, 5.74) is 0. The van der Waals surface area contributed by atoms with Crippen molar-refractivity contribution < 1.29 is 31.3 Å². The molecule has 0 fully saturated rings. The van der Waals surface area contributed by atoms with Crippen molar-refractivity contribution >= 4 is 20.9 Å². The fourth-order valence-electron chi connectivity index (χ4n) is 1.93. The maximum atomic E-state index is 9.66. The SMILES string of the molecule is CO[Si](C)(C)CCCOc1ccc(O)cc1[P+](C)(C)C.[Br-]. The molecule has 0 heterocycles. The van der Waals surface area contributed by atoms with Gasteiger partial charge in [-0.05, 0) is 37.7 Å². The number of phenolic OH excluding ortho intramolecular Hbond substituents is 1. The highest BCUT2D eigenvalue weighted by Crippen LogP contribution is 2.48. The van der Waals surface area contributed by atoms with Crippen molar-refractivity contribution in [3.63, 3.8) is 0 Å². The van der Waals surface area contributed by atoms with E-state index in [4.69, 9.17) is 9.16 Å². The first-order valence-electron chi connectivity index (χ1n) is 6.99. The molecule has 0 aliphatic carbocycles. The van der Waals surface area contributed by atoms with Gasteiger partial charge in [-0.15, -0.1) is 0 Å². The van der Waals surface area contributed by atoms with Crippen LogP contribution in [0.5, 0.6) is 11.5 Å². The number of hydrogen-bond acceptors (Lipinski definition) is 3. The topological polar surface area (TPSA) is 38.7 Å². The lowest BCUT2D eigenvalue weighted by Gasteiger charge is -2.20. The molecule has 122 valence electrons. The van der Waals surface area contributed by atoms with Crippen molar-refractivity contribution in [3.05, 3.63) is 18.2 Å². The van der Waals surface area contributed by atoms with E-state index in [2.05, 4.69) is 33.1 Å². The number of phenols is 1. The van der Waals surface area contributed by atoms with Gasteiger partial charge in [-0.1, -0.05) is 0 Å². The number of rotatable bonds is 7. The van der Waals surface area contributed by atoms with Crippen LogP contribution in [-0.2, 0) is 4.43 Å². The minimum absolute atomic E-state index is 0. The molecule has 1 rings (SSSR count). The standard InChI is InChI=1S/C15H27O3PSi.BrH/c1-17-20(5,6)11-7-10-18-14-9-8-13(16)12-15(14)19(2,3)4;/h8-9,12H,7,10-11H2,1-6H3;1H. The summed E-state index contributed by atoms with van der Waals surface area (Å²) in [6.07, 6.45) is 1.01. The lowest BCUT2D eigenvalue weighted by Crippen LogP contribution is -3.00. The third-order valence-electron chi connectivity index (χ3n) is 3.40. The van der Waals surface area contributed by atoms with E-state index in [-0.39, 0.29) is 17.0 Å². The van der Waals surface area contributed by atoms with Gasteiger partial charge < -0.3 is 31.3 Å². The number of halogens is 1. The average molecular weight is 395 g/mol. The summed E-state index contributed by atoms with van der Waals surface area (Å²) in [4.78, 5) is 0. The summed E-state index contributed by atoms with van der Waals surface area (Å²) in [5.74, 6) is 1.23. The molecule has 1 aromatic carbocycles. The molecule has 0 aliphatic rings. The van der Waals surface area contributed by atoms with E-state index in [1.165, 1.54) is 0 Å². The highest BCUT2D eigenvalue weighted by atomic mass is 79.9. The molecule has 21 heavy (non-hydrogen) atoms. The van der Waals surface area contributed by atoms with Crippen LogP contribution in [0.15, 0.2) is 18.2 Å². The van der Waals surface area contributed by atoms with Gasteiger partial charge in [-0.3, -0.25) is 0 Å². The summed E-state index contributed by atoms with van der Waals surface area (Å²) >= 11 is 0. The Bertz CT molecular complexity index is 447. The Balaban J connectivity index is 0.00000400. The quantitative estimate of drug-likeness (QED) is 0.417. The van der Waals surface area contributed by atoms with Gasteiger partial charge in [-0.25, -0.2) is 0 Å². The summed E-state index contributed by atoms with van der Waals surface area (Å²) in [6, 6.07) is 6.52. The van der Waals surface area contributed by atoms with E-state index in [9.17, 15) is 5.11 Å². The van der Waals surface area contributed by atoms with E-state index in [0.29, 0.717) is 12.4 Å². The van der Waals surface area contributed by atoms with Gasteiger partial charge in [0.25, 0.3) is 0 Å². The Labute approximate surface area is 141 Å². The zero-order valence-corrected chi connectivity index (χ0v) is 17.4. The number of ether oxygens (including phenoxy) is 1. The van der Waals surface area contributed by atoms with Crippen LogP contribution in [0.25, 0.3) is 0 Å². The Morgan fingerprint density at radius 2 is 1.81 bits per heavy atom. The predicted octanol–water partition coefficient (Wildman–Crippen LogP) is 0.549. The average Bonchev–Trinajstić information content (AvgIpc) is 2.35. The van der Waals surface area contributed by atoms with Crippen molar-refractivity contribution in [1.82, 2.24) is 0 Å². The normalized spacial score (nSPS) is 11.9. The second-order valence-electron chi connectivity index (χ2n) is 6.58. The van der Waals surface area contributed by atoms with Crippen LogP contribution < -0.4 is 27.0 Å². The molecule has 6 heteroatoms. The molecule has 1 aromatic rings. The van der Waals surface area contributed by atoms with Crippen LogP contribution in [0, 0.1) is 0 Å². The van der Waals surface area contributed by atoms with Gasteiger partial charge in [0.2, 0.25) is 0 Å². The molecule has 0 radical (unpaired) electrons. The monoisotopic (exact) mass is 394 g/mol. The maximum absolute atomic E-state index is 9.66. The molecule has 0 spiro atoms. The molecule has 0 aliphatic heterocycles. The third kappa shape index (κ3) is 7.14. The van der Waals surface area contributed by atoms with E-state index < -0.39 is 15.6 Å². The first-order valence-corrected chi connectivity index (χ1v) is 13.2. The van der Waals surface area contributed by atoms with Crippen LogP contribution in [0.1, 0.15) is 6.42 Å². The van der Waals surface area contributed by atoms with Crippen molar-refractivity contribution in [2.75, 3.05) is 33.7 Å². The van der Waals surface area contributed by atoms with Crippen molar-refractivity contribution in [2.45, 2.75) is 25.6 Å². The van der Waals surface area contributed by atoms with Crippen LogP contribution in [0.2, 0.25) is 19.1 Å². The van der Waals surface area contributed by atoms with Gasteiger partial charge in [0.15, 0.2) is 14.1 Å². The number of hydrogen-bond donors (Lipinski definition) is 1. The Morgan fingerprint density at radius 1 is 1.19 bits per heavy atom. The minimum Gasteiger partial charge on any atom is -1.00 e. The highest BCUT2D eigenvalue weighted by molar-refractivity contribution is 7.81. The van der Waals surface area contributed by atoms with Gasteiger partial charge >= 0.3 is 0 Å². The van der Waals surface area contributed by atoms with Gasteiger partial charge in [0.1, 0.15) is 11.1 Å². The fourth-order valence-corrected chi connectivity index (χ4v) is 4.45. The predicted molar refractivity (Wildman–Crippen MR) is 91.8 cm³/mol. The first-order chi connectivity index (χ1) is 9.15. The van der Waals surface area contributed by atoms with Crippen molar-refractivity contribution in [3.8, 4) is 11.5 Å². The second kappa shape index (κ2) is 8.52. The molecule has 1 N–H and O–H groups in total. The molecule has 0 amide bonds. The van der Waals surface area contributed by atoms with E-state index in [1.807, 2.05) is 12.1 Å². The summed E-state index contributed by atoms with van der Waals surface area (Å²) in [6.45, 7) is 11.8. The fraction of sp³-hybridized carbons (Fsp3) is 0.600. The zero-order valence-electron chi connectivity index (χ0n) is 13.9. The summed E-state index contributed by atoms with van der Waals surface area (Å²) in [7, 11) is -0.907. The Hall–Kier alpha value is -0.0931. The molecule has 0 atom stereocenters. The molecule has 3 nitrogen and oxygen atoms in total. The van der Waals surface area contributed by atoms with E-state index in [0.717, 1.165) is 23.5 Å². The van der Waals surface area contributed by atoms with Gasteiger partial charge in [0, 0.05) is 20.4 Å². The Morgan fingerprint density at radius 3 is 2.33 bits per heavy atom. The summed E-state index contributed by atoms with van der Waals surface area (Å²) < 4.78 is 11.5. The van der Waals surface area contributed by atoms with Crippen LogP contribution in [-0.4, -0.2) is 47.1 Å². The highest BCUT2D eigenvalue weighted by Gasteiger charge is 2.27. The maximum Gasteiger partial charge on any atom is 0.186 e. The van der Waals surface area contributed by atoms with Crippen LogP contribution in [0.3, 0.4) is 0 Å². The molecule has 0 saturated carbocycles. The lowest BCUT2D eigenvalue weighted by atomic mass is 10.3. The molecule has 0 bridgehead atoms. The molecule has 0 saturated heterocycles. The van der Waals surface area contributed by atoms with Crippen molar-refractivity contribution in [2.24, 2.45) is 0 Å². The smallest absolute Gasteiger partial charge is 0.186 e. The van der Waals surface area contributed by atoms with Crippen molar-refractivity contribution in [1.29, 1.82) is 0 Å². The first kappa shape index (κ1) is 20.9. The molecular formula is C15H28BrO3PSi. The Kier molecular flexibility index (Phi) is 8.48. The van der Waals surface area contributed by atoms with Crippen LogP contribution in [0.4, 0.5) is 0 Å². The minimum atomic E-state index is -1.49. The summed E-state index contributed by atoms with van der Waals surface area (Å²) in [5, 5.41) is 10.8. The zero-order chi connectivity index (χ0) is 15.4. The van der Waals surface area contributed by atoms with Crippen LogP contribution >= 0.6 is 7.26 Å².